The number of amides is 1. The maximum absolute atomic E-state index is 12.6. The van der Waals surface area contributed by atoms with Crippen LogP contribution in [0.2, 0.25) is 0 Å². The summed E-state index contributed by atoms with van der Waals surface area (Å²) in [7, 11) is 0. The Labute approximate surface area is 191 Å². The molecule has 2 unspecified atom stereocenters. The number of nitrogens with one attached hydrogen (secondary N) is 1. The number of allylic oxidation sites excluding steroid dienone is 1. The lowest BCUT2D eigenvalue weighted by Crippen LogP contribution is -2.30. The summed E-state index contributed by atoms with van der Waals surface area (Å²) in [6, 6.07) is 15.7. The van der Waals surface area contributed by atoms with Crippen molar-refractivity contribution in [1.29, 1.82) is 0 Å². The SMILES string of the molecule is C=CCn1c(SC(C)C(=O)NCc2ccc(C)cc2)nnc1C1COc2ccccc2O1. The van der Waals surface area contributed by atoms with Crippen LogP contribution < -0.4 is 14.8 Å². The van der Waals surface area contributed by atoms with Crippen LogP contribution in [0.5, 0.6) is 11.5 Å². The number of rotatable bonds is 8. The highest BCUT2D eigenvalue weighted by atomic mass is 32.2. The topological polar surface area (TPSA) is 78.3 Å². The molecule has 0 spiro atoms. The lowest BCUT2D eigenvalue weighted by Gasteiger charge is -2.26. The number of benzene rings is 2. The zero-order valence-corrected chi connectivity index (χ0v) is 19.0. The molecular weight excluding hydrogens is 424 g/mol. The van der Waals surface area contributed by atoms with E-state index in [2.05, 4.69) is 22.1 Å². The van der Waals surface area contributed by atoms with Gasteiger partial charge in [0, 0.05) is 13.1 Å². The summed E-state index contributed by atoms with van der Waals surface area (Å²) in [6.07, 6.45) is 1.38. The summed E-state index contributed by atoms with van der Waals surface area (Å²) in [5.41, 5.74) is 2.25. The van der Waals surface area contributed by atoms with Gasteiger partial charge in [-0.05, 0) is 31.5 Å². The molecule has 2 aromatic carbocycles. The first-order valence-corrected chi connectivity index (χ1v) is 11.4. The molecule has 0 fully saturated rings. The number of aryl methyl sites for hydroxylation is 1. The lowest BCUT2D eigenvalue weighted by atomic mass is 10.1. The van der Waals surface area contributed by atoms with Crippen molar-refractivity contribution in [1.82, 2.24) is 20.1 Å². The van der Waals surface area contributed by atoms with Crippen molar-refractivity contribution in [2.75, 3.05) is 6.61 Å². The minimum atomic E-state index is -0.391. The Morgan fingerprint density at radius 2 is 2.00 bits per heavy atom. The van der Waals surface area contributed by atoms with Crippen LogP contribution in [0.25, 0.3) is 0 Å². The second-order valence-corrected chi connectivity index (χ2v) is 8.88. The highest BCUT2D eigenvalue weighted by molar-refractivity contribution is 8.00. The second kappa shape index (κ2) is 9.91. The Balaban J connectivity index is 1.43. The molecule has 0 saturated carbocycles. The third kappa shape index (κ3) is 4.96. The smallest absolute Gasteiger partial charge is 0.233 e. The highest BCUT2D eigenvalue weighted by Crippen LogP contribution is 2.36. The van der Waals surface area contributed by atoms with Gasteiger partial charge in [-0.25, -0.2) is 0 Å². The van der Waals surface area contributed by atoms with E-state index in [0.29, 0.717) is 42.2 Å². The molecule has 2 atom stereocenters. The number of para-hydroxylation sites is 2. The molecule has 3 aromatic rings. The average Bonchev–Trinajstić information content (AvgIpc) is 3.20. The minimum absolute atomic E-state index is 0.0588. The number of carbonyl (C=O) groups excluding carboxylic acids is 1. The molecule has 1 amide bonds. The number of fused-ring (bicyclic) bond motifs is 1. The zero-order valence-electron chi connectivity index (χ0n) is 18.2. The Morgan fingerprint density at radius 3 is 2.75 bits per heavy atom. The predicted molar refractivity (Wildman–Crippen MR) is 124 cm³/mol. The van der Waals surface area contributed by atoms with Crippen molar-refractivity contribution >= 4 is 17.7 Å². The van der Waals surface area contributed by atoms with Gasteiger partial charge in [-0.15, -0.1) is 16.8 Å². The van der Waals surface area contributed by atoms with Crippen molar-refractivity contribution in [2.24, 2.45) is 0 Å². The molecule has 4 rings (SSSR count). The van der Waals surface area contributed by atoms with E-state index in [4.69, 9.17) is 9.47 Å². The van der Waals surface area contributed by atoms with Crippen LogP contribution >= 0.6 is 11.8 Å². The van der Waals surface area contributed by atoms with Crippen molar-refractivity contribution < 1.29 is 14.3 Å². The fourth-order valence-electron chi connectivity index (χ4n) is 3.32. The van der Waals surface area contributed by atoms with Gasteiger partial charge in [-0.3, -0.25) is 9.36 Å². The Kier molecular flexibility index (Phi) is 6.80. The number of ether oxygens (including phenoxy) is 2. The lowest BCUT2D eigenvalue weighted by molar-refractivity contribution is -0.120. The number of nitrogens with zero attached hydrogens (tertiary/aromatic N) is 3. The van der Waals surface area contributed by atoms with Gasteiger partial charge in [0.25, 0.3) is 0 Å². The second-order valence-electron chi connectivity index (χ2n) is 7.57. The monoisotopic (exact) mass is 450 g/mol. The highest BCUT2D eigenvalue weighted by Gasteiger charge is 2.29. The fraction of sp³-hybridized carbons (Fsp3) is 0.292. The minimum Gasteiger partial charge on any atom is -0.485 e. The first kappa shape index (κ1) is 22.0. The van der Waals surface area contributed by atoms with E-state index in [1.807, 2.05) is 66.9 Å². The average molecular weight is 451 g/mol. The number of carbonyl (C=O) groups is 1. The summed E-state index contributed by atoms with van der Waals surface area (Å²) in [5.74, 6) is 1.98. The van der Waals surface area contributed by atoms with Gasteiger partial charge in [0.2, 0.25) is 5.91 Å². The van der Waals surface area contributed by atoms with Gasteiger partial charge in [-0.2, -0.15) is 0 Å². The number of hydrogen-bond acceptors (Lipinski definition) is 6. The van der Waals surface area contributed by atoms with E-state index in [0.717, 1.165) is 5.56 Å². The standard InChI is InChI=1S/C24H26N4O3S/c1-4-13-28-22(21-15-30-19-7-5-6-8-20(19)31-21)26-27-24(28)32-17(3)23(29)25-14-18-11-9-16(2)10-12-18/h4-12,17,21H,1,13-15H2,2-3H3,(H,25,29). The van der Waals surface area contributed by atoms with Gasteiger partial charge in [0.15, 0.2) is 28.6 Å². The fourth-order valence-corrected chi connectivity index (χ4v) is 4.21. The molecular formula is C24H26N4O3S. The van der Waals surface area contributed by atoms with E-state index in [1.165, 1.54) is 17.3 Å². The van der Waals surface area contributed by atoms with Crippen molar-refractivity contribution in [3.8, 4) is 11.5 Å². The predicted octanol–water partition coefficient (Wildman–Crippen LogP) is 4.08. The van der Waals surface area contributed by atoms with E-state index < -0.39 is 6.10 Å². The van der Waals surface area contributed by atoms with E-state index in [-0.39, 0.29) is 11.2 Å². The van der Waals surface area contributed by atoms with E-state index >= 15 is 0 Å². The first-order valence-electron chi connectivity index (χ1n) is 10.5. The molecule has 1 aromatic heterocycles. The van der Waals surface area contributed by atoms with Crippen LogP contribution in [0.1, 0.15) is 30.0 Å². The first-order chi connectivity index (χ1) is 15.5. The van der Waals surface area contributed by atoms with Crippen LogP contribution in [0, 0.1) is 6.92 Å². The molecule has 2 heterocycles. The van der Waals surface area contributed by atoms with E-state index in [1.54, 1.807) is 6.08 Å². The van der Waals surface area contributed by atoms with Crippen molar-refractivity contribution in [3.63, 3.8) is 0 Å². The summed E-state index contributed by atoms with van der Waals surface area (Å²) in [5, 5.41) is 12.0. The van der Waals surface area contributed by atoms with Gasteiger partial charge in [0.1, 0.15) is 6.61 Å². The molecule has 32 heavy (non-hydrogen) atoms. The molecule has 1 N–H and O–H groups in total. The molecule has 0 aliphatic carbocycles. The van der Waals surface area contributed by atoms with Crippen molar-refractivity contribution in [2.45, 2.75) is 43.4 Å². The van der Waals surface area contributed by atoms with Gasteiger partial charge < -0.3 is 14.8 Å². The third-order valence-corrected chi connectivity index (χ3v) is 6.17. The largest absolute Gasteiger partial charge is 0.485 e. The summed E-state index contributed by atoms with van der Waals surface area (Å²) in [6.45, 7) is 9.07. The molecule has 7 nitrogen and oxygen atoms in total. The molecule has 1 aliphatic rings. The summed E-state index contributed by atoms with van der Waals surface area (Å²) >= 11 is 1.36. The van der Waals surface area contributed by atoms with Crippen LogP contribution in [0.4, 0.5) is 0 Å². The molecule has 0 radical (unpaired) electrons. The molecule has 166 valence electrons. The zero-order chi connectivity index (χ0) is 22.5. The number of aromatic nitrogens is 3. The van der Waals surface area contributed by atoms with Crippen LogP contribution in [-0.2, 0) is 17.9 Å². The van der Waals surface area contributed by atoms with Crippen molar-refractivity contribution in [3.05, 3.63) is 78.1 Å². The van der Waals surface area contributed by atoms with Crippen LogP contribution in [0.3, 0.4) is 0 Å². The quantitative estimate of drug-likeness (QED) is 0.412. The van der Waals surface area contributed by atoms with E-state index in [9.17, 15) is 4.79 Å². The Morgan fingerprint density at radius 1 is 1.25 bits per heavy atom. The maximum atomic E-state index is 12.6. The third-order valence-electron chi connectivity index (χ3n) is 5.09. The molecule has 0 saturated heterocycles. The molecule has 8 heteroatoms. The Bertz CT molecular complexity index is 1100. The molecule has 0 bridgehead atoms. The van der Waals surface area contributed by atoms with Gasteiger partial charge in [0.05, 0.1) is 5.25 Å². The summed E-state index contributed by atoms with van der Waals surface area (Å²) in [4.78, 5) is 12.6. The van der Waals surface area contributed by atoms with Gasteiger partial charge in [-0.1, -0.05) is 59.8 Å². The van der Waals surface area contributed by atoms with Crippen LogP contribution in [0.15, 0.2) is 66.3 Å². The maximum Gasteiger partial charge on any atom is 0.233 e. The number of hydrogen-bond donors (Lipinski definition) is 1. The van der Waals surface area contributed by atoms with Gasteiger partial charge >= 0.3 is 0 Å². The Hall–Kier alpha value is -3.26. The summed E-state index contributed by atoms with van der Waals surface area (Å²) < 4.78 is 13.8. The normalized spacial score (nSPS) is 15.8. The van der Waals surface area contributed by atoms with Crippen LogP contribution in [-0.4, -0.2) is 32.5 Å². The number of thioether (sulfide) groups is 1. The molecule has 1 aliphatic heterocycles.